The van der Waals surface area contributed by atoms with Crippen LogP contribution in [0.15, 0.2) is 0 Å². The number of hydrogen-bond donors (Lipinski definition) is 1. The van der Waals surface area contributed by atoms with Gasteiger partial charge in [-0.25, -0.2) is 0 Å². The molecular weight excluding hydrogens is 136 g/mol. The van der Waals surface area contributed by atoms with E-state index in [2.05, 4.69) is 32.6 Å². The van der Waals surface area contributed by atoms with Gasteiger partial charge in [-0.1, -0.05) is 26.7 Å². The summed E-state index contributed by atoms with van der Waals surface area (Å²) < 4.78 is 0. The van der Waals surface area contributed by atoms with Crippen LogP contribution in [-0.4, -0.2) is 10.7 Å². The van der Waals surface area contributed by atoms with Crippen LogP contribution in [0.25, 0.3) is 0 Å². The molecule has 0 spiro atoms. The first kappa shape index (κ1) is 10.5. The lowest BCUT2D eigenvalue weighted by molar-refractivity contribution is 0.0737. The molecule has 11 heavy (non-hydrogen) atoms. The first-order valence-electron chi connectivity index (χ1n) is 3.93. The third-order valence-corrected chi connectivity index (χ3v) is 1.27. The second kappa shape index (κ2) is 3.28. The van der Waals surface area contributed by atoms with Gasteiger partial charge in [-0.2, -0.15) is 0 Å². The predicted octanol–water partition coefficient (Wildman–Crippen LogP) is 2.20. The molecule has 64 valence electrons. The summed E-state index contributed by atoms with van der Waals surface area (Å²) in [5.74, 6) is 5.51. The van der Waals surface area contributed by atoms with Crippen molar-refractivity contribution in [2.45, 2.75) is 46.6 Å². The van der Waals surface area contributed by atoms with Crippen molar-refractivity contribution in [3.63, 3.8) is 0 Å². The van der Waals surface area contributed by atoms with E-state index >= 15 is 0 Å². The molecule has 1 unspecified atom stereocenters. The molecule has 0 aromatic carbocycles. The molecule has 0 rings (SSSR count). The van der Waals surface area contributed by atoms with Crippen LogP contribution in [0.1, 0.15) is 41.0 Å². The molecule has 0 radical (unpaired) electrons. The van der Waals surface area contributed by atoms with Crippen molar-refractivity contribution in [3.05, 3.63) is 0 Å². The van der Waals surface area contributed by atoms with E-state index in [9.17, 15) is 5.11 Å². The summed E-state index contributed by atoms with van der Waals surface area (Å²) in [6.07, 6.45) is 0.709. The van der Waals surface area contributed by atoms with E-state index in [-0.39, 0.29) is 5.41 Å². The highest BCUT2D eigenvalue weighted by Gasteiger charge is 2.24. The average Bonchev–Trinajstić information content (AvgIpc) is 1.55. The third kappa shape index (κ3) is 5.94. The standard InChI is InChI=1S/C10H18O/c1-6-7-10(5,11)8-9(2,3)4/h11H,8H2,1-5H3. The molecule has 0 aromatic heterocycles. The Morgan fingerprint density at radius 3 is 1.91 bits per heavy atom. The Kier molecular flexibility index (Phi) is 3.13. The van der Waals surface area contributed by atoms with E-state index in [4.69, 9.17) is 0 Å². The molecule has 0 aliphatic carbocycles. The van der Waals surface area contributed by atoms with E-state index in [1.807, 2.05) is 0 Å². The number of rotatable bonds is 1. The number of hydrogen-bond acceptors (Lipinski definition) is 1. The minimum absolute atomic E-state index is 0.132. The van der Waals surface area contributed by atoms with Gasteiger partial charge in [0.1, 0.15) is 5.60 Å². The Bertz CT molecular complexity index is 173. The fourth-order valence-electron chi connectivity index (χ4n) is 1.35. The van der Waals surface area contributed by atoms with E-state index < -0.39 is 5.60 Å². The van der Waals surface area contributed by atoms with Crippen LogP contribution < -0.4 is 0 Å². The Hall–Kier alpha value is -0.480. The summed E-state index contributed by atoms with van der Waals surface area (Å²) in [7, 11) is 0. The maximum Gasteiger partial charge on any atom is 0.123 e. The van der Waals surface area contributed by atoms with Crippen molar-refractivity contribution in [1.82, 2.24) is 0 Å². The van der Waals surface area contributed by atoms with Crippen molar-refractivity contribution < 1.29 is 5.11 Å². The maximum absolute atomic E-state index is 9.68. The summed E-state index contributed by atoms with van der Waals surface area (Å²) >= 11 is 0. The van der Waals surface area contributed by atoms with E-state index in [1.54, 1.807) is 13.8 Å². The van der Waals surface area contributed by atoms with Crippen LogP contribution in [0.4, 0.5) is 0 Å². The van der Waals surface area contributed by atoms with Crippen molar-refractivity contribution in [3.8, 4) is 11.8 Å². The first-order valence-corrected chi connectivity index (χ1v) is 3.93. The van der Waals surface area contributed by atoms with Crippen LogP contribution in [-0.2, 0) is 0 Å². The van der Waals surface area contributed by atoms with Crippen LogP contribution >= 0.6 is 0 Å². The normalized spacial score (nSPS) is 16.5. The molecule has 0 fully saturated rings. The molecule has 1 nitrogen and oxygen atoms in total. The molecule has 0 bridgehead atoms. The van der Waals surface area contributed by atoms with E-state index in [1.165, 1.54) is 0 Å². The largest absolute Gasteiger partial charge is 0.378 e. The van der Waals surface area contributed by atoms with Crippen LogP contribution in [0.2, 0.25) is 0 Å². The van der Waals surface area contributed by atoms with Gasteiger partial charge in [0.15, 0.2) is 0 Å². The van der Waals surface area contributed by atoms with Gasteiger partial charge >= 0.3 is 0 Å². The molecule has 1 atom stereocenters. The van der Waals surface area contributed by atoms with Crippen LogP contribution in [0.5, 0.6) is 0 Å². The predicted molar refractivity (Wildman–Crippen MR) is 48.1 cm³/mol. The van der Waals surface area contributed by atoms with Crippen LogP contribution in [0.3, 0.4) is 0 Å². The Balaban J connectivity index is 4.21. The third-order valence-electron chi connectivity index (χ3n) is 1.27. The Morgan fingerprint density at radius 1 is 1.18 bits per heavy atom. The van der Waals surface area contributed by atoms with Crippen molar-refractivity contribution in [1.29, 1.82) is 0 Å². The summed E-state index contributed by atoms with van der Waals surface area (Å²) in [5.41, 5.74) is -0.694. The molecule has 0 aliphatic heterocycles. The lowest BCUT2D eigenvalue weighted by atomic mass is 9.83. The van der Waals surface area contributed by atoms with E-state index in [0.29, 0.717) is 6.42 Å². The molecule has 1 heteroatoms. The molecule has 1 N–H and O–H groups in total. The Morgan fingerprint density at radius 2 is 1.64 bits per heavy atom. The maximum atomic E-state index is 9.68. The van der Waals surface area contributed by atoms with Gasteiger partial charge in [0, 0.05) is 0 Å². The smallest absolute Gasteiger partial charge is 0.123 e. The lowest BCUT2D eigenvalue weighted by Crippen LogP contribution is -2.28. The first-order chi connectivity index (χ1) is 4.77. The molecular formula is C10H18O. The molecule has 0 saturated carbocycles. The zero-order valence-electron chi connectivity index (χ0n) is 8.15. The second-order valence-corrected chi connectivity index (χ2v) is 4.39. The second-order valence-electron chi connectivity index (χ2n) is 4.39. The van der Waals surface area contributed by atoms with Gasteiger partial charge < -0.3 is 5.11 Å². The zero-order chi connectivity index (χ0) is 9.12. The summed E-state index contributed by atoms with van der Waals surface area (Å²) in [4.78, 5) is 0. The van der Waals surface area contributed by atoms with Crippen LogP contribution in [0, 0.1) is 17.3 Å². The molecule has 0 amide bonds. The number of aliphatic hydroxyl groups is 1. The molecule has 0 aliphatic rings. The van der Waals surface area contributed by atoms with Gasteiger partial charge in [0.25, 0.3) is 0 Å². The fourth-order valence-corrected chi connectivity index (χ4v) is 1.35. The highest BCUT2D eigenvalue weighted by molar-refractivity contribution is 5.10. The molecule has 0 saturated heterocycles. The lowest BCUT2D eigenvalue weighted by Gasteiger charge is -2.26. The van der Waals surface area contributed by atoms with Gasteiger partial charge in [-0.05, 0) is 25.7 Å². The topological polar surface area (TPSA) is 20.2 Å². The average molecular weight is 154 g/mol. The van der Waals surface area contributed by atoms with Gasteiger partial charge in [-0.15, -0.1) is 5.92 Å². The highest BCUT2D eigenvalue weighted by atomic mass is 16.3. The summed E-state index contributed by atoms with van der Waals surface area (Å²) in [6, 6.07) is 0. The minimum atomic E-state index is -0.826. The van der Waals surface area contributed by atoms with Gasteiger partial charge in [-0.3, -0.25) is 0 Å². The van der Waals surface area contributed by atoms with Crippen molar-refractivity contribution in [2.75, 3.05) is 0 Å². The van der Waals surface area contributed by atoms with Gasteiger partial charge in [0.2, 0.25) is 0 Å². The quantitative estimate of drug-likeness (QED) is 0.574. The SMILES string of the molecule is CC#CC(C)(O)CC(C)(C)C. The Labute approximate surface area is 69.8 Å². The zero-order valence-corrected chi connectivity index (χ0v) is 8.15. The van der Waals surface area contributed by atoms with Crippen molar-refractivity contribution in [2.24, 2.45) is 5.41 Å². The molecule has 0 heterocycles. The summed E-state index contributed by atoms with van der Waals surface area (Å²) in [6.45, 7) is 9.79. The van der Waals surface area contributed by atoms with E-state index in [0.717, 1.165) is 0 Å². The highest BCUT2D eigenvalue weighted by Crippen LogP contribution is 2.26. The summed E-state index contributed by atoms with van der Waals surface area (Å²) in [5, 5.41) is 9.68. The fraction of sp³-hybridized carbons (Fsp3) is 0.800. The minimum Gasteiger partial charge on any atom is -0.378 e. The monoisotopic (exact) mass is 154 g/mol. The van der Waals surface area contributed by atoms with Crippen molar-refractivity contribution >= 4 is 0 Å². The van der Waals surface area contributed by atoms with Gasteiger partial charge in [0.05, 0.1) is 0 Å². The molecule has 0 aromatic rings.